The summed E-state index contributed by atoms with van der Waals surface area (Å²) >= 11 is 0. The molecule has 2 amide bonds. The molecule has 2 aromatic rings. The van der Waals surface area contributed by atoms with Crippen molar-refractivity contribution in [3.63, 3.8) is 0 Å². The highest BCUT2D eigenvalue weighted by Gasteiger charge is 2.28. The molecular weight excluding hydrogens is 403 g/mol. The number of rotatable bonds is 6. The quantitative estimate of drug-likeness (QED) is 0.686. The number of halogens is 1. The smallest absolute Gasteiger partial charge is 0.340 e. The molecule has 1 aromatic heterocycles. The Bertz CT molecular complexity index is 963. The average Bonchev–Trinajstić information content (AvgIpc) is 3.04. The number of esters is 1. The predicted molar refractivity (Wildman–Crippen MR) is 114 cm³/mol. The number of nitrogens with one attached hydrogen (secondary N) is 2. The Morgan fingerprint density at radius 3 is 2.35 bits per heavy atom. The van der Waals surface area contributed by atoms with Gasteiger partial charge in [0.25, 0.3) is 5.91 Å². The Kier molecular flexibility index (Phi) is 7.06. The number of benzene rings is 1. The van der Waals surface area contributed by atoms with Gasteiger partial charge in [-0.05, 0) is 50.6 Å². The summed E-state index contributed by atoms with van der Waals surface area (Å²) in [6.07, 6.45) is 0. The van der Waals surface area contributed by atoms with Gasteiger partial charge >= 0.3 is 5.97 Å². The molecule has 8 nitrogen and oxygen atoms in total. The van der Waals surface area contributed by atoms with Gasteiger partial charge in [-0.15, -0.1) is 0 Å². The number of amides is 2. The van der Waals surface area contributed by atoms with Crippen molar-refractivity contribution >= 4 is 23.5 Å². The number of aryl methyl sites for hydroxylation is 1. The predicted octanol–water partition coefficient (Wildman–Crippen LogP) is 2.34. The van der Waals surface area contributed by atoms with E-state index in [0.717, 1.165) is 0 Å². The van der Waals surface area contributed by atoms with Crippen molar-refractivity contribution in [2.75, 3.05) is 44.6 Å². The molecule has 2 N–H and O–H groups in total. The second-order valence-electron chi connectivity index (χ2n) is 7.47. The third-order valence-electron chi connectivity index (χ3n) is 5.29. The molecule has 0 radical (unpaired) electrons. The SMILES string of the molecule is CCOC(=O)c1c(C)[nH]c(C(=O)N2CCN(CC(=O)Nc3ccc(F)cc3)CC2)c1C. The van der Waals surface area contributed by atoms with E-state index < -0.39 is 5.97 Å². The summed E-state index contributed by atoms with van der Waals surface area (Å²) in [7, 11) is 0. The van der Waals surface area contributed by atoms with Gasteiger partial charge in [-0.25, -0.2) is 9.18 Å². The van der Waals surface area contributed by atoms with E-state index in [4.69, 9.17) is 4.74 Å². The van der Waals surface area contributed by atoms with Crippen LogP contribution in [0.5, 0.6) is 0 Å². The molecule has 1 aromatic carbocycles. The van der Waals surface area contributed by atoms with Gasteiger partial charge in [-0.2, -0.15) is 0 Å². The fraction of sp³-hybridized carbons (Fsp3) is 0.409. The summed E-state index contributed by atoms with van der Waals surface area (Å²) in [6, 6.07) is 5.60. The number of nitrogens with zero attached hydrogens (tertiary/aromatic N) is 2. The average molecular weight is 430 g/mol. The summed E-state index contributed by atoms with van der Waals surface area (Å²) in [6.45, 7) is 7.70. The molecule has 1 aliphatic heterocycles. The van der Waals surface area contributed by atoms with Crippen molar-refractivity contribution in [3.8, 4) is 0 Å². The Hall–Kier alpha value is -3.20. The maximum absolute atomic E-state index is 13.0. The minimum Gasteiger partial charge on any atom is -0.462 e. The van der Waals surface area contributed by atoms with E-state index in [1.54, 1.807) is 25.7 Å². The third-order valence-corrected chi connectivity index (χ3v) is 5.29. The highest BCUT2D eigenvalue weighted by Crippen LogP contribution is 2.21. The molecule has 1 saturated heterocycles. The summed E-state index contributed by atoms with van der Waals surface area (Å²) in [5.74, 6) is -1.17. The Morgan fingerprint density at radius 2 is 1.74 bits per heavy atom. The van der Waals surface area contributed by atoms with Crippen molar-refractivity contribution in [3.05, 3.63) is 52.6 Å². The molecule has 2 heterocycles. The Morgan fingerprint density at radius 1 is 1.10 bits per heavy atom. The topological polar surface area (TPSA) is 94.7 Å². The molecule has 1 fully saturated rings. The van der Waals surface area contributed by atoms with Crippen LogP contribution in [0.3, 0.4) is 0 Å². The zero-order valence-corrected chi connectivity index (χ0v) is 18.0. The van der Waals surface area contributed by atoms with Gasteiger partial charge in [0.1, 0.15) is 11.5 Å². The number of aromatic nitrogens is 1. The fourth-order valence-corrected chi connectivity index (χ4v) is 3.68. The second kappa shape index (κ2) is 9.74. The molecule has 3 rings (SSSR count). The van der Waals surface area contributed by atoms with Crippen LogP contribution in [0.1, 0.15) is 39.0 Å². The van der Waals surface area contributed by atoms with Crippen LogP contribution in [0, 0.1) is 19.7 Å². The van der Waals surface area contributed by atoms with Gasteiger partial charge in [0.15, 0.2) is 0 Å². The Labute approximate surface area is 180 Å². The minimum absolute atomic E-state index is 0.174. The maximum atomic E-state index is 13.0. The number of carbonyl (C=O) groups excluding carboxylic acids is 3. The zero-order valence-electron chi connectivity index (χ0n) is 18.0. The highest BCUT2D eigenvalue weighted by atomic mass is 19.1. The molecule has 0 bridgehead atoms. The van der Waals surface area contributed by atoms with Gasteiger partial charge in [0.2, 0.25) is 5.91 Å². The van der Waals surface area contributed by atoms with Gasteiger partial charge < -0.3 is 19.9 Å². The van der Waals surface area contributed by atoms with E-state index in [1.165, 1.54) is 24.3 Å². The number of carbonyl (C=O) groups is 3. The van der Waals surface area contributed by atoms with Crippen LogP contribution in [0.15, 0.2) is 24.3 Å². The van der Waals surface area contributed by atoms with Crippen LogP contribution >= 0.6 is 0 Å². The van der Waals surface area contributed by atoms with Crippen molar-refractivity contribution in [2.24, 2.45) is 0 Å². The lowest BCUT2D eigenvalue weighted by Gasteiger charge is -2.34. The first-order chi connectivity index (χ1) is 14.8. The number of hydrogen-bond donors (Lipinski definition) is 2. The number of H-pyrrole nitrogens is 1. The van der Waals surface area contributed by atoms with E-state index in [-0.39, 0.29) is 30.8 Å². The molecule has 0 saturated carbocycles. The molecule has 0 unspecified atom stereocenters. The van der Waals surface area contributed by atoms with Crippen molar-refractivity contribution in [1.82, 2.24) is 14.8 Å². The normalized spacial score (nSPS) is 14.4. The number of anilines is 1. The van der Waals surface area contributed by atoms with E-state index in [1.807, 2.05) is 4.90 Å². The molecule has 166 valence electrons. The summed E-state index contributed by atoms with van der Waals surface area (Å²) in [5.41, 5.74) is 2.53. The molecule has 0 atom stereocenters. The fourth-order valence-electron chi connectivity index (χ4n) is 3.68. The summed E-state index contributed by atoms with van der Waals surface area (Å²) < 4.78 is 18.0. The van der Waals surface area contributed by atoms with Gasteiger partial charge in [-0.1, -0.05) is 0 Å². The van der Waals surface area contributed by atoms with Crippen LogP contribution in [-0.4, -0.2) is 71.9 Å². The van der Waals surface area contributed by atoms with E-state index in [2.05, 4.69) is 10.3 Å². The largest absolute Gasteiger partial charge is 0.462 e. The van der Waals surface area contributed by atoms with Crippen molar-refractivity contribution < 1.29 is 23.5 Å². The molecular formula is C22H27FN4O4. The monoisotopic (exact) mass is 430 g/mol. The first kappa shape index (κ1) is 22.5. The standard InChI is InChI=1S/C22H27FN4O4/c1-4-31-22(30)19-14(2)20(24-15(19)3)21(29)27-11-9-26(10-12-27)13-18(28)25-17-7-5-16(23)6-8-17/h5-8,24H,4,9-13H2,1-3H3,(H,25,28). The van der Waals surface area contributed by atoms with Gasteiger partial charge in [0.05, 0.1) is 18.7 Å². The number of aromatic amines is 1. The third kappa shape index (κ3) is 5.29. The second-order valence-corrected chi connectivity index (χ2v) is 7.47. The van der Waals surface area contributed by atoms with Gasteiger partial charge in [0, 0.05) is 37.6 Å². The molecule has 9 heteroatoms. The first-order valence-corrected chi connectivity index (χ1v) is 10.2. The van der Waals surface area contributed by atoms with Crippen LogP contribution in [-0.2, 0) is 9.53 Å². The van der Waals surface area contributed by atoms with Crippen LogP contribution < -0.4 is 5.32 Å². The lowest BCUT2D eigenvalue weighted by Crippen LogP contribution is -2.50. The van der Waals surface area contributed by atoms with E-state index >= 15 is 0 Å². The van der Waals surface area contributed by atoms with Crippen molar-refractivity contribution in [1.29, 1.82) is 0 Å². The lowest BCUT2D eigenvalue weighted by atomic mass is 10.1. The Balaban J connectivity index is 1.55. The van der Waals surface area contributed by atoms with Crippen LogP contribution in [0.25, 0.3) is 0 Å². The molecule has 0 aliphatic carbocycles. The number of ether oxygens (including phenoxy) is 1. The molecule has 1 aliphatic rings. The highest BCUT2D eigenvalue weighted by molar-refractivity contribution is 6.00. The maximum Gasteiger partial charge on any atom is 0.340 e. The van der Waals surface area contributed by atoms with Crippen molar-refractivity contribution in [2.45, 2.75) is 20.8 Å². The number of hydrogen-bond acceptors (Lipinski definition) is 5. The number of piperazine rings is 1. The molecule has 31 heavy (non-hydrogen) atoms. The van der Waals surface area contributed by atoms with E-state index in [9.17, 15) is 18.8 Å². The van der Waals surface area contributed by atoms with Crippen LogP contribution in [0.2, 0.25) is 0 Å². The summed E-state index contributed by atoms with van der Waals surface area (Å²) in [5, 5.41) is 2.74. The van der Waals surface area contributed by atoms with Crippen LogP contribution in [0.4, 0.5) is 10.1 Å². The molecule has 0 spiro atoms. The zero-order chi connectivity index (χ0) is 22.5. The minimum atomic E-state index is -0.440. The van der Waals surface area contributed by atoms with Gasteiger partial charge in [-0.3, -0.25) is 14.5 Å². The summed E-state index contributed by atoms with van der Waals surface area (Å²) in [4.78, 5) is 44.1. The van der Waals surface area contributed by atoms with E-state index in [0.29, 0.717) is 54.4 Å². The lowest BCUT2D eigenvalue weighted by molar-refractivity contribution is -0.117. The first-order valence-electron chi connectivity index (χ1n) is 10.2.